The van der Waals surface area contributed by atoms with Crippen molar-refractivity contribution in [1.29, 1.82) is 0 Å². The van der Waals surface area contributed by atoms with Crippen LogP contribution in [0.4, 0.5) is 17.1 Å². The molecule has 34 heavy (non-hydrogen) atoms. The lowest BCUT2D eigenvalue weighted by Crippen LogP contribution is -2.07. The van der Waals surface area contributed by atoms with Crippen LogP contribution < -0.4 is 10.3 Å². The number of aromatic amines is 1. The lowest BCUT2D eigenvalue weighted by Gasteiger charge is -2.13. The van der Waals surface area contributed by atoms with Crippen LogP contribution in [0.2, 0.25) is 0 Å². The van der Waals surface area contributed by atoms with Crippen molar-refractivity contribution >= 4 is 48.9 Å². The van der Waals surface area contributed by atoms with Gasteiger partial charge in [0, 0.05) is 17.3 Å². The van der Waals surface area contributed by atoms with Crippen LogP contribution in [0, 0.1) is 11.8 Å². The van der Waals surface area contributed by atoms with Crippen molar-refractivity contribution in [2.24, 2.45) is 5.18 Å². The average molecular weight is 477 g/mol. The molecule has 0 amide bonds. The Morgan fingerprint density at radius 2 is 1.91 bits per heavy atom. The van der Waals surface area contributed by atoms with Crippen molar-refractivity contribution in [3.63, 3.8) is 0 Å². The van der Waals surface area contributed by atoms with E-state index in [0.717, 1.165) is 39.4 Å². The summed E-state index contributed by atoms with van der Waals surface area (Å²) in [6, 6.07) is 13.8. The number of aryl methyl sites for hydroxylation is 1. The summed E-state index contributed by atoms with van der Waals surface area (Å²) in [5.74, 6) is 0. The Morgan fingerprint density at radius 3 is 2.68 bits per heavy atom. The van der Waals surface area contributed by atoms with Crippen LogP contribution in [-0.4, -0.2) is 25.1 Å². The first-order valence-corrected chi connectivity index (χ1v) is 12.0. The van der Waals surface area contributed by atoms with Crippen molar-refractivity contribution in [2.75, 3.05) is 11.6 Å². The van der Waals surface area contributed by atoms with E-state index in [9.17, 15) is 13.3 Å². The van der Waals surface area contributed by atoms with Crippen LogP contribution in [0.3, 0.4) is 0 Å². The fourth-order valence-corrected chi connectivity index (χ4v) is 4.72. The molecule has 10 heteroatoms. The number of hydrogen-bond acceptors (Lipinski definition) is 8. The minimum absolute atomic E-state index is 0. The highest BCUT2D eigenvalue weighted by atomic mass is 32.2. The monoisotopic (exact) mass is 476 g/mol. The number of nitrogens with zero attached hydrogens (tertiary/aromatic N) is 2. The lowest BCUT2D eigenvalue weighted by molar-refractivity contribution is -0.344. The molecule has 3 aromatic carbocycles. The van der Waals surface area contributed by atoms with Gasteiger partial charge >= 0.3 is 0 Å². The molecule has 9 nitrogen and oxygen atoms in total. The molecule has 0 aliphatic heterocycles. The van der Waals surface area contributed by atoms with E-state index in [4.69, 9.17) is 4.42 Å². The number of nitrogens with one attached hydrogen (secondary N) is 2. The van der Waals surface area contributed by atoms with Crippen molar-refractivity contribution in [1.82, 2.24) is 4.98 Å². The molecule has 3 N–H and O–H groups in total. The molecule has 172 valence electrons. The standard InChI is InChI=1S/C24H18N4O4S.H2O/c1-14-13-32-22-5-3-15(9-18(14)22)19-10-17(12-21-24(19)26-8-7-25-21)27-20-11-16(28-29)4-6-23(20)33(2,30)31;/h3-13,27H,1-2H3;1H2. The van der Waals surface area contributed by atoms with Gasteiger partial charge < -0.3 is 15.2 Å². The third kappa shape index (κ3) is 4.12. The van der Waals surface area contributed by atoms with Crippen molar-refractivity contribution < 1.29 is 23.3 Å². The van der Waals surface area contributed by atoms with E-state index in [2.05, 4.69) is 20.5 Å². The summed E-state index contributed by atoms with van der Waals surface area (Å²) in [5, 5.41) is 7.09. The molecule has 0 saturated heterocycles. The highest BCUT2D eigenvalue weighted by Gasteiger charge is 2.18. The molecule has 2 heterocycles. The van der Waals surface area contributed by atoms with E-state index in [1.54, 1.807) is 18.7 Å². The maximum Gasteiger partial charge on any atom is 0.237 e. The first-order valence-electron chi connectivity index (χ1n) is 10.1. The number of anilines is 2. The summed E-state index contributed by atoms with van der Waals surface area (Å²) in [4.78, 5) is 18.8. The van der Waals surface area contributed by atoms with E-state index in [-0.39, 0.29) is 21.7 Å². The lowest BCUT2D eigenvalue weighted by atomic mass is 10.0. The number of H-pyrrole nitrogens is 1. The molecule has 0 spiro atoms. The molecule has 5 aromatic rings. The number of fused-ring (bicyclic) bond motifs is 2. The normalized spacial score (nSPS) is 11.4. The van der Waals surface area contributed by atoms with Crippen LogP contribution in [0.15, 0.2) is 81.7 Å². The second-order valence-corrected chi connectivity index (χ2v) is 9.79. The zero-order chi connectivity index (χ0) is 23.2. The predicted molar refractivity (Wildman–Crippen MR) is 128 cm³/mol. The Balaban J connectivity index is 0.00000274. The predicted octanol–water partition coefficient (Wildman–Crippen LogP) is 5.14. The zero-order valence-corrected chi connectivity index (χ0v) is 19.1. The fourth-order valence-electron chi connectivity index (χ4n) is 3.89. The van der Waals surface area contributed by atoms with Crippen LogP contribution >= 0.6 is 0 Å². The summed E-state index contributed by atoms with van der Waals surface area (Å²) < 4.78 is 30.2. The van der Waals surface area contributed by atoms with Gasteiger partial charge in [0.2, 0.25) is 5.52 Å². The molecule has 0 fully saturated rings. The summed E-state index contributed by atoms with van der Waals surface area (Å²) in [7, 11) is -3.54. The molecule has 0 saturated carbocycles. The smallest absolute Gasteiger partial charge is 0.237 e. The molecule has 5 rings (SSSR count). The van der Waals surface area contributed by atoms with Gasteiger partial charge in [-0.2, -0.15) is 0 Å². The summed E-state index contributed by atoms with van der Waals surface area (Å²) in [6.07, 6.45) is 6.24. The van der Waals surface area contributed by atoms with E-state index in [0.29, 0.717) is 11.2 Å². The van der Waals surface area contributed by atoms with Crippen molar-refractivity contribution in [3.8, 4) is 11.1 Å². The molecule has 2 aromatic heterocycles. The minimum Gasteiger partial charge on any atom is -0.870 e. The average Bonchev–Trinajstić information content (AvgIpc) is 3.17. The van der Waals surface area contributed by atoms with Crippen molar-refractivity contribution in [3.05, 3.63) is 77.7 Å². The number of aromatic nitrogens is 2. The number of benzene rings is 3. The van der Waals surface area contributed by atoms with E-state index in [1.165, 1.54) is 18.2 Å². The molecule has 0 aliphatic rings. The molecule has 0 unspecified atom stereocenters. The van der Waals surface area contributed by atoms with Gasteiger partial charge in [0.05, 0.1) is 28.6 Å². The Bertz CT molecular complexity index is 1660. The second kappa shape index (κ2) is 8.65. The fraction of sp³-hybridized carbons (Fsp3) is 0.0833. The van der Waals surface area contributed by atoms with Gasteiger partial charge in [0.1, 0.15) is 16.8 Å². The van der Waals surface area contributed by atoms with Crippen LogP contribution in [0.1, 0.15) is 5.56 Å². The van der Waals surface area contributed by atoms with Crippen LogP contribution in [-0.2, 0) is 9.84 Å². The van der Waals surface area contributed by atoms with Crippen LogP contribution in [0.25, 0.3) is 33.1 Å². The third-order valence-corrected chi connectivity index (χ3v) is 6.61. The highest BCUT2D eigenvalue weighted by Crippen LogP contribution is 2.35. The minimum atomic E-state index is -3.54. The Morgan fingerprint density at radius 1 is 1.09 bits per heavy atom. The van der Waals surface area contributed by atoms with Gasteiger partial charge in [-0.25, -0.2) is 18.4 Å². The van der Waals surface area contributed by atoms with E-state index < -0.39 is 9.84 Å². The quantitative estimate of drug-likeness (QED) is 0.346. The Labute approximate surface area is 194 Å². The molecule has 0 bridgehead atoms. The van der Waals surface area contributed by atoms with E-state index >= 15 is 0 Å². The number of sulfone groups is 1. The van der Waals surface area contributed by atoms with Gasteiger partial charge in [-0.05, 0) is 65.7 Å². The van der Waals surface area contributed by atoms with Gasteiger partial charge in [-0.1, -0.05) is 6.07 Å². The Hall–Kier alpha value is -4.15. The Kier molecular flexibility index (Phi) is 5.86. The van der Waals surface area contributed by atoms with Gasteiger partial charge in [0.25, 0.3) is 0 Å². The zero-order valence-electron chi connectivity index (χ0n) is 18.2. The third-order valence-electron chi connectivity index (χ3n) is 5.46. The summed E-state index contributed by atoms with van der Waals surface area (Å²) in [5.41, 5.74) is 6.16. The molecular weight excluding hydrogens is 456 g/mol. The molecular formula is C24H20N4O5S. The first-order chi connectivity index (χ1) is 15.8. The number of rotatable bonds is 5. The number of nitroso groups, excluding NO2 is 1. The topological polar surface area (TPSA) is 146 Å². The highest BCUT2D eigenvalue weighted by molar-refractivity contribution is 7.90. The second-order valence-electron chi connectivity index (χ2n) is 7.81. The molecule has 0 atom stereocenters. The number of furan rings is 1. The maximum atomic E-state index is 12.3. The first kappa shape index (κ1) is 23.0. The largest absolute Gasteiger partial charge is 0.870 e. The number of hydrogen-bond donors (Lipinski definition) is 1. The van der Waals surface area contributed by atoms with Gasteiger partial charge in [0.15, 0.2) is 16.0 Å². The molecule has 0 radical (unpaired) electrons. The van der Waals surface area contributed by atoms with Gasteiger partial charge in [-0.3, -0.25) is 0 Å². The maximum absolute atomic E-state index is 12.3. The van der Waals surface area contributed by atoms with Crippen molar-refractivity contribution in [2.45, 2.75) is 11.8 Å². The van der Waals surface area contributed by atoms with E-state index in [1.807, 2.05) is 37.3 Å². The summed E-state index contributed by atoms with van der Waals surface area (Å²) >= 11 is 0. The van der Waals surface area contributed by atoms with Crippen LogP contribution in [0.5, 0.6) is 0 Å². The SMILES string of the molecule is Cc1coc2ccc(-c3cc(Nc4cc(N=O)ccc4S(C)(=O)=O)cc4ncc[nH+]c34)cc12.[OH-]. The summed E-state index contributed by atoms with van der Waals surface area (Å²) in [6.45, 7) is 1.99. The molecule has 0 aliphatic carbocycles. The van der Waals surface area contributed by atoms with Gasteiger partial charge in [-0.15, -0.1) is 4.91 Å².